The van der Waals surface area contributed by atoms with E-state index < -0.39 is 10.0 Å². The summed E-state index contributed by atoms with van der Waals surface area (Å²) in [5.74, 6) is -0.102. The molecule has 0 aliphatic heterocycles. The lowest BCUT2D eigenvalue weighted by Crippen LogP contribution is -2.34. The van der Waals surface area contributed by atoms with Gasteiger partial charge in [0, 0.05) is 13.2 Å². The van der Waals surface area contributed by atoms with E-state index in [0.29, 0.717) is 24.1 Å². The molecule has 2 N–H and O–H groups in total. The van der Waals surface area contributed by atoms with E-state index in [9.17, 15) is 8.42 Å². The van der Waals surface area contributed by atoms with Crippen LogP contribution in [0.5, 0.6) is 0 Å². The molecule has 0 heterocycles. The van der Waals surface area contributed by atoms with Crippen molar-refractivity contribution in [3.8, 4) is 6.07 Å². The standard InChI is InChI=1S/C15H22N2O3S/c1-15(2,8-3-9-18)12-17-21(19,20)11-14-6-4-13(10-16)5-7-14/h4-7,17-18H,3,8-9,11-12H2,1-2H3. The van der Waals surface area contributed by atoms with Crippen molar-refractivity contribution in [2.45, 2.75) is 32.4 Å². The molecule has 1 rings (SSSR count). The van der Waals surface area contributed by atoms with Gasteiger partial charge in [0.1, 0.15) is 0 Å². The average Bonchev–Trinajstić information content (AvgIpc) is 2.44. The van der Waals surface area contributed by atoms with E-state index in [4.69, 9.17) is 10.4 Å². The normalized spacial score (nSPS) is 12.1. The molecule has 0 bridgehead atoms. The summed E-state index contributed by atoms with van der Waals surface area (Å²) >= 11 is 0. The zero-order chi connectivity index (χ0) is 15.9. The second-order valence-electron chi connectivity index (χ2n) is 5.88. The van der Waals surface area contributed by atoms with Crippen LogP contribution in [0.2, 0.25) is 0 Å². The van der Waals surface area contributed by atoms with E-state index in [1.54, 1.807) is 24.3 Å². The molecule has 1 aromatic rings. The van der Waals surface area contributed by atoms with Crippen molar-refractivity contribution in [3.63, 3.8) is 0 Å². The van der Waals surface area contributed by atoms with E-state index in [1.807, 2.05) is 19.9 Å². The summed E-state index contributed by atoms with van der Waals surface area (Å²) in [6, 6.07) is 8.51. The van der Waals surface area contributed by atoms with Crippen LogP contribution < -0.4 is 4.72 Å². The minimum Gasteiger partial charge on any atom is -0.396 e. The minimum absolute atomic E-state index is 0.102. The Hall–Kier alpha value is -1.42. The highest BCUT2D eigenvalue weighted by atomic mass is 32.2. The first-order valence-electron chi connectivity index (χ1n) is 6.85. The maximum Gasteiger partial charge on any atom is 0.215 e. The molecule has 0 amide bonds. The van der Waals surface area contributed by atoms with Crippen LogP contribution in [0.1, 0.15) is 37.8 Å². The van der Waals surface area contributed by atoms with Crippen molar-refractivity contribution in [1.29, 1.82) is 5.26 Å². The van der Waals surface area contributed by atoms with Crippen molar-refractivity contribution in [1.82, 2.24) is 4.72 Å². The number of hydrogen-bond donors (Lipinski definition) is 2. The summed E-state index contributed by atoms with van der Waals surface area (Å²) in [4.78, 5) is 0. The number of hydrogen-bond acceptors (Lipinski definition) is 4. The minimum atomic E-state index is -3.41. The fraction of sp³-hybridized carbons (Fsp3) is 0.533. The van der Waals surface area contributed by atoms with Crippen molar-refractivity contribution in [2.24, 2.45) is 5.41 Å². The lowest BCUT2D eigenvalue weighted by Gasteiger charge is -2.24. The monoisotopic (exact) mass is 310 g/mol. The number of aliphatic hydroxyl groups excluding tert-OH is 1. The van der Waals surface area contributed by atoms with Crippen LogP contribution >= 0.6 is 0 Å². The molecule has 0 radical (unpaired) electrons. The highest BCUT2D eigenvalue weighted by molar-refractivity contribution is 7.88. The molecule has 1 aromatic carbocycles. The van der Waals surface area contributed by atoms with E-state index in [2.05, 4.69) is 4.72 Å². The third kappa shape index (κ3) is 6.71. The molecule has 0 saturated heterocycles. The summed E-state index contributed by atoms with van der Waals surface area (Å²) in [7, 11) is -3.41. The molecule has 0 spiro atoms. The molecular weight excluding hydrogens is 288 g/mol. The van der Waals surface area contributed by atoms with Crippen LogP contribution in [0.25, 0.3) is 0 Å². The fourth-order valence-corrected chi connectivity index (χ4v) is 3.24. The number of nitrogens with one attached hydrogen (secondary N) is 1. The van der Waals surface area contributed by atoms with E-state index in [-0.39, 0.29) is 17.8 Å². The molecule has 0 atom stereocenters. The van der Waals surface area contributed by atoms with Gasteiger partial charge in [-0.15, -0.1) is 0 Å². The largest absolute Gasteiger partial charge is 0.396 e. The van der Waals surface area contributed by atoms with E-state index in [0.717, 1.165) is 6.42 Å². The van der Waals surface area contributed by atoms with Crippen LogP contribution in [-0.2, 0) is 15.8 Å². The number of sulfonamides is 1. The number of benzene rings is 1. The zero-order valence-corrected chi connectivity index (χ0v) is 13.3. The van der Waals surface area contributed by atoms with Crippen LogP contribution in [0, 0.1) is 16.7 Å². The van der Waals surface area contributed by atoms with Gasteiger partial charge in [0.05, 0.1) is 17.4 Å². The summed E-state index contributed by atoms with van der Waals surface area (Å²) in [6.45, 7) is 4.38. The van der Waals surface area contributed by atoms with Gasteiger partial charge < -0.3 is 5.11 Å². The zero-order valence-electron chi connectivity index (χ0n) is 12.5. The van der Waals surface area contributed by atoms with Gasteiger partial charge >= 0.3 is 0 Å². The molecule has 0 aliphatic carbocycles. The lowest BCUT2D eigenvalue weighted by molar-refractivity contribution is 0.242. The number of aliphatic hydroxyl groups is 1. The maximum absolute atomic E-state index is 12.0. The summed E-state index contributed by atoms with van der Waals surface area (Å²) in [5.41, 5.74) is 0.962. The molecule has 0 unspecified atom stereocenters. The lowest BCUT2D eigenvalue weighted by atomic mass is 9.88. The number of rotatable bonds is 8. The highest BCUT2D eigenvalue weighted by Gasteiger charge is 2.21. The Bertz CT molecular complexity index is 586. The molecule has 5 nitrogen and oxygen atoms in total. The Morgan fingerprint density at radius 1 is 1.29 bits per heavy atom. The summed E-state index contributed by atoms with van der Waals surface area (Å²) in [5, 5.41) is 17.5. The van der Waals surface area contributed by atoms with Crippen LogP contribution in [0.3, 0.4) is 0 Å². The number of nitrogens with zero attached hydrogens (tertiary/aromatic N) is 1. The van der Waals surface area contributed by atoms with Gasteiger partial charge in [-0.2, -0.15) is 5.26 Å². The molecule has 6 heteroatoms. The van der Waals surface area contributed by atoms with Gasteiger partial charge in [-0.05, 0) is 36.0 Å². The second-order valence-corrected chi connectivity index (χ2v) is 7.69. The first-order valence-corrected chi connectivity index (χ1v) is 8.50. The topological polar surface area (TPSA) is 90.2 Å². The van der Waals surface area contributed by atoms with Crippen molar-refractivity contribution in [3.05, 3.63) is 35.4 Å². The Morgan fingerprint density at radius 3 is 2.43 bits per heavy atom. The molecule has 0 aliphatic rings. The molecule has 0 saturated carbocycles. The van der Waals surface area contributed by atoms with Crippen molar-refractivity contribution in [2.75, 3.05) is 13.2 Å². The first-order chi connectivity index (χ1) is 9.78. The number of nitriles is 1. The van der Waals surface area contributed by atoms with Gasteiger partial charge in [0.15, 0.2) is 0 Å². The van der Waals surface area contributed by atoms with Gasteiger partial charge in [0.25, 0.3) is 0 Å². The van der Waals surface area contributed by atoms with Crippen LogP contribution in [-0.4, -0.2) is 26.7 Å². The van der Waals surface area contributed by atoms with E-state index >= 15 is 0 Å². The Balaban J connectivity index is 2.59. The van der Waals surface area contributed by atoms with Crippen molar-refractivity contribution >= 4 is 10.0 Å². The predicted molar refractivity (Wildman–Crippen MR) is 81.9 cm³/mol. The third-order valence-electron chi connectivity index (χ3n) is 3.22. The average molecular weight is 310 g/mol. The highest BCUT2D eigenvalue weighted by Crippen LogP contribution is 2.21. The first kappa shape index (κ1) is 17.6. The molecular formula is C15H22N2O3S. The third-order valence-corrected chi connectivity index (χ3v) is 4.52. The van der Waals surface area contributed by atoms with Crippen molar-refractivity contribution < 1.29 is 13.5 Å². The second kappa shape index (κ2) is 7.55. The fourth-order valence-electron chi connectivity index (χ4n) is 1.90. The molecule has 21 heavy (non-hydrogen) atoms. The molecule has 0 aromatic heterocycles. The van der Waals surface area contributed by atoms with Gasteiger partial charge in [0.2, 0.25) is 10.0 Å². The predicted octanol–water partition coefficient (Wildman–Crippen LogP) is 1.78. The SMILES string of the molecule is CC(C)(CCCO)CNS(=O)(=O)Cc1ccc(C#N)cc1. The van der Waals surface area contributed by atoms with Crippen LogP contribution in [0.15, 0.2) is 24.3 Å². The van der Waals surface area contributed by atoms with Crippen LogP contribution in [0.4, 0.5) is 0 Å². The smallest absolute Gasteiger partial charge is 0.215 e. The Labute approximate surface area is 126 Å². The molecule has 116 valence electrons. The van der Waals surface area contributed by atoms with Gasteiger partial charge in [-0.3, -0.25) is 0 Å². The summed E-state index contributed by atoms with van der Waals surface area (Å²) < 4.78 is 26.7. The Kier molecular flexibility index (Phi) is 6.34. The van der Waals surface area contributed by atoms with Gasteiger partial charge in [-0.1, -0.05) is 26.0 Å². The molecule has 0 fully saturated rings. The van der Waals surface area contributed by atoms with E-state index in [1.165, 1.54) is 0 Å². The van der Waals surface area contributed by atoms with Gasteiger partial charge in [-0.25, -0.2) is 13.1 Å². The quantitative estimate of drug-likeness (QED) is 0.765. The summed E-state index contributed by atoms with van der Waals surface area (Å²) in [6.07, 6.45) is 1.41. The Morgan fingerprint density at radius 2 is 1.90 bits per heavy atom. The maximum atomic E-state index is 12.0.